The van der Waals surface area contributed by atoms with E-state index in [0.29, 0.717) is 10.8 Å². The summed E-state index contributed by atoms with van der Waals surface area (Å²) in [6, 6.07) is 5.24. The van der Waals surface area contributed by atoms with Gasteiger partial charge in [0.1, 0.15) is 0 Å². The van der Waals surface area contributed by atoms with E-state index in [1.807, 2.05) is 0 Å². The van der Waals surface area contributed by atoms with E-state index in [2.05, 4.69) is 9.98 Å². The Labute approximate surface area is 77.7 Å². The summed E-state index contributed by atoms with van der Waals surface area (Å²) in [6.45, 7) is 0. The van der Waals surface area contributed by atoms with Gasteiger partial charge in [-0.15, -0.1) is 0 Å². The molecule has 1 heterocycles. The van der Waals surface area contributed by atoms with Gasteiger partial charge in [-0.05, 0) is 18.2 Å². The molecule has 0 fully saturated rings. The van der Waals surface area contributed by atoms with Crippen LogP contribution in [0, 0.1) is 0 Å². The summed E-state index contributed by atoms with van der Waals surface area (Å²) in [5.74, 6) is 0. The molecule has 0 atom stereocenters. The fourth-order valence-electron chi connectivity index (χ4n) is 1.05. The highest BCUT2D eigenvalue weighted by molar-refractivity contribution is 7.22. The van der Waals surface area contributed by atoms with Crippen LogP contribution in [-0.2, 0) is 4.79 Å². The first kappa shape index (κ1) is 7.91. The molecule has 0 radical (unpaired) electrons. The third-order valence-electron chi connectivity index (χ3n) is 1.56. The van der Waals surface area contributed by atoms with Gasteiger partial charge in [-0.2, -0.15) is 4.99 Å². The van der Waals surface area contributed by atoms with Crippen molar-refractivity contribution in [2.45, 2.75) is 0 Å². The molecule has 64 valence electrons. The lowest BCUT2D eigenvalue weighted by Crippen LogP contribution is -1.78. The number of hydrogen-bond donors (Lipinski definition) is 1. The Balaban J connectivity index is 2.67. The summed E-state index contributed by atoms with van der Waals surface area (Å²) in [5.41, 5.74) is 6.92. The van der Waals surface area contributed by atoms with Crippen LogP contribution in [0.15, 0.2) is 23.2 Å². The number of isocyanates is 1. The van der Waals surface area contributed by atoms with Crippen molar-refractivity contribution in [2.75, 3.05) is 5.73 Å². The van der Waals surface area contributed by atoms with Crippen LogP contribution in [0.25, 0.3) is 10.2 Å². The molecule has 0 aliphatic carbocycles. The second-order valence-corrected chi connectivity index (χ2v) is 3.47. The van der Waals surface area contributed by atoms with Crippen LogP contribution in [0.3, 0.4) is 0 Å². The monoisotopic (exact) mass is 191 g/mol. The molecule has 13 heavy (non-hydrogen) atoms. The maximum atomic E-state index is 9.99. The third-order valence-corrected chi connectivity index (χ3v) is 2.41. The van der Waals surface area contributed by atoms with Crippen molar-refractivity contribution in [1.82, 2.24) is 4.98 Å². The summed E-state index contributed by atoms with van der Waals surface area (Å²) in [6.07, 6.45) is 1.48. The summed E-state index contributed by atoms with van der Waals surface area (Å²) >= 11 is 1.37. The number of nitrogen functional groups attached to an aromatic ring is 1. The summed E-state index contributed by atoms with van der Waals surface area (Å²) in [7, 11) is 0. The normalized spacial score (nSPS) is 9.85. The number of benzene rings is 1. The Morgan fingerprint density at radius 3 is 3.15 bits per heavy atom. The van der Waals surface area contributed by atoms with Gasteiger partial charge in [0.25, 0.3) is 0 Å². The zero-order valence-electron chi connectivity index (χ0n) is 6.52. The van der Waals surface area contributed by atoms with Gasteiger partial charge in [0.15, 0.2) is 5.13 Å². The number of carbonyl (C=O) groups excluding carboxylic acids is 1. The first-order valence-corrected chi connectivity index (χ1v) is 4.35. The van der Waals surface area contributed by atoms with Gasteiger partial charge in [-0.1, -0.05) is 11.3 Å². The van der Waals surface area contributed by atoms with Crippen molar-refractivity contribution in [3.05, 3.63) is 18.2 Å². The fourth-order valence-corrected chi connectivity index (χ4v) is 1.82. The molecule has 0 unspecified atom stereocenters. The van der Waals surface area contributed by atoms with Crippen molar-refractivity contribution < 1.29 is 4.79 Å². The highest BCUT2D eigenvalue weighted by atomic mass is 32.1. The number of anilines is 1. The van der Waals surface area contributed by atoms with Gasteiger partial charge in [0.05, 0.1) is 15.9 Å². The lowest BCUT2D eigenvalue weighted by molar-refractivity contribution is 0.565. The van der Waals surface area contributed by atoms with Crippen LogP contribution in [0.2, 0.25) is 0 Å². The molecule has 1 aromatic heterocycles. The molecule has 2 N–H and O–H groups in total. The highest BCUT2D eigenvalue weighted by Gasteiger charge is 2.00. The maximum Gasteiger partial charge on any atom is 0.240 e. The van der Waals surface area contributed by atoms with Crippen LogP contribution in [0.5, 0.6) is 0 Å². The van der Waals surface area contributed by atoms with E-state index in [0.717, 1.165) is 10.2 Å². The molecule has 2 rings (SSSR count). The van der Waals surface area contributed by atoms with E-state index in [-0.39, 0.29) is 0 Å². The Kier molecular flexibility index (Phi) is 1.81. The zero-order chi connectivity index (χ0) is 9.26. The molecular weight excluding hydrogens is 186 g/mol. The number of hydrogen-bond acceptors (Lipinski definition) is 5. The number of nitrogens with two attached hydrogens (primary N) is 1. The van der Waals surface area contributed by atoms with Crippen LogP contribution in [0.4, 0.5) is 10.8 Å². The average molecular weight is 191 g/mol. The largest absolute Gasteiger partial charge is 0.375 e. The Bertz CT molecular complexity index is 499. The highest BCUT2D eigenvalue weighted by Crippen LogP contribution is 2.27. The van der Waals surface area contributed by atoms with Crippen molar-refractivity contribution in [3.63, 3.8) is 0 Å². The van der Waals surface area contributed by atoms with Gasteiger partial charge >= 0.3 is 0 Å². The third kappa shape index (κ3) is 1.42. The van der Waals surface area contributed by atoms with E-state index >= 15 is 0 Å². The van der Waals surface area contributed by atoms with E-state index in [9.17, 15) is 4.79 Å². The molecule has 0 saturated heterocycles. The van der Waals surface area contributed by atoms with Gasteiger partial charge in [0.2, 0.25) is 6.08 Å². The minimum atomic E-state index is 0.516. The predicted molar refractivity (Wildman–Crippen MR) is 51.8 cm³/mol. The number of nitrogens with zero attached hydrogens (tertiary/aromatic N) is 2. The van der Waals surface area contributed by atoms with Crippen molar-refractivity contribution >= 4 is 38.5 Å². The minimum absolute atomic E-state index is 0.516. The number of thiazole rings is 1. The smallest absolute Gasteiger partial charge is 0.240 e. The first-order chi connectivity index (χ1) is 6.29. The molecule has 0 spiro atoms. The van der Waals surface area contributed by atoms with Crippen LogP contribution < -0.4 is 5.73 Å². The minimum Gasteiger partial charge on any atom is -0.375 e. The zero-order valence-corrected chi connectivity index (χ0v) is 7.34. The number of aromatic nitrogens is 1. The fraction of sp³-hybridized carbons (Fsp3) is 0. The first-order valence-electron chi connectivity index (χ1n) is 3.53. The molecule has 0 aliphatic rings. The van der Waals surface area contributed by atoms with Crippen molar-refractivity contribution in [2.24, 2.45) is 4.99 Å². The van der Waals surface area contributed by atoms with Crippen molar-refractivity contribution in [3.8, 4) is 0 Å². The number of fused-ring (bicyclic) bond motifs is 1. The number of rotatable bonds is 1. The molecule has 2 aromatic rings. The lowest BCUT2D eigenvalue weighted by Gasteiger charge is -1.88. The average Bonchev–Trinajstić information content (AvgIpc) is 2.44. The molecule has 0 aliphatic heterocycles. The molecule has 0 bridgehead atoms. The lowest BCUT2D eigenvalue weighted by atomic mass is 10.3. The number of aliphatic imine (C=N–C) groups is 1. The molecule has 5 heteroatoms. The summed E-state index contributed by atoms with van der Waals surface area (Å²) < 4.78 is 0.925. The van der Waals surface area contributed by atoms with Crippen LogP contribution in [-0.4, -0.2) is 11.1 Å². The Morgan fingerprint density at radius 1 is 1.54 bits per heavy atom. The quantitative estimate of drug-likeness (QED) is 0.552. The molecular formula is C8H5N3OS. The molecule has 0 amide bonds. The second-order valence-electron chi connectivity index (χ2n) is 2.41. The van der Waals surface area contributed by atoms with E-state index in [4.69, 9.17) is 5.73 Å². The predicted octanol–water partition coefficient (Wildman–Crippen LogP) is 1.85. The molecule has 0 saturated carbocycles. The van der Waals surface area contributed by atoms with E-state index in [1.54, 1.807) is 18.2 Å². The SMILES string of the molecule is Nc1nc2ccc(N=C=O)cc2s1. The standard InChI is InChI=1S/C8H5N3OS/c9-8-11-6-2-1-5(10-4-12)3-7(6)13-8/h1-3H,(H2,9,11). The van der Waals surface area contributed by atoms with Crippen LogP contribution in [0.1, 0.15) is 0 Å². The molecule has 1 aromatic carbocycles. The Morgan fingerprint density at radius 2 is 2.38 bits per heavy atom. The van der Waals surface area contributed by atoms with E-state index < -0.39 is 0 Å². The van der Waals surface area contributed by atoms with Gasteiger partial charge < -0.3 is 5.73 Å². The van der Waals surface area contributed by atoms with Gasteiger partial charge in [-0.25, -0.2) is 9.78 Å². The second kappa shape index (κ2) is 2.97. The van der Waals surface area contributed by atoms with Crippen LogP contribution >= 0.6 is 11.3 Å². The molecule has 4 nitrogen and oxygen atoms in total. The summed E-state index contributed by atoms with van der Waals surface area (Å²) in [5, 5.41) is 0.516. The van der Waals surface area contributed by atoms with Crippen molar-refractivity contribution in [1.29, 1.82) is 0 Å². The summed E-state index contributed by atoms with van der Waals surface area (Å²) in [4.78, 5) is 17.6. The van der Waals surface area contributed by atoms with Gasteiger partial charge in [-0.3, -0.25) is 0 Å². The topological polar surface area (TPSA) is 68.3 Å². The Hall–Kier alpha value is -1.71. The maximum absolute atomic E-state index is 9.99. The van der Waals surface area contributed by atoms with Gasteiger partial charge in [0, 0.05) is 0 Å². The van der Waals surface area contributed by atoms with E-state index in [1.165, 1.54) is 17.4 Å².